The van der Waals surface area contributed by atoms with E-state index < -0.39 is 0 Å². The molecule has 1 aromatic heterocycles. The third-order valence-corrected chi connectivity index (χ3v) is 5.01. The Morgan fingerprint density at radius 3 is 2.95 bits per heavy atom. The Hall–Kier alpha value is -1.40. The van der Waals surface area contributed by atoms with Gasteiger partial charge in [-0.2, -0.15) is 5.10 Å². The van der Waals surface area contributed by atoms with E-state index in [1.165, 1.54) is 0 Å². The highest BCUT2D eigenvalue weighted by Gasteiger charge is 2.59. The minimum absolute atomic E-state index is 0.00402. The van der Waals surface area contributed by atoms with Crippen molar-refractivity contribution in [2.24, 2.45) is 18.4 Å². The van der Waals surface area contributed by atoms with Crippen molar-refractivity contribution in [3.8, 4) is 0 Å². The topological polar surface area (TPSA) is 68.2 Å². The van der Waals surface area contributed by atoms with E-state index >= 15 is 0 Å². The van der Waals surface area contributed by atoms with Crippen molar-refractivity contribution < 1.29 is 9.53 Å². The summed E-state index contributed by atoms with van der Waals surface area (Å²) in [5.41, 5.74) is 0.887. The Morgan fingerprint density at radius 1 is 1.57 bits per heavy atom. The van der Waals surface area contributed by atoms with Crippen molar-refractivity contribution in [1.82, 2.24) is 20.4 Å². The van der Waals surface area contributed by atoms with E-state index in [0.29, 0.717) is 5.92 Å². The average molecular weight is 292 g/mol. The summed E-state index contributed by atoms with van der Waals surface area (Å²) in [5.74, 6) is 0.462. The van der Waals surface area contributed by atoms with Crippen LogP contribution in [-0.4, -0.2) is 41.5 Å². The van der Waals surface area contributed by atoms with Gasteiger partial charge in [0, 0.05) is 42.8 Å². The number of fused-ring (bicyclic) bond motifs is 1. The normalized spacial score (nSPS) is 31.3. The van der Waals surface area contributed by atoms with Crippen LogP contribution in [0, 0.1) is 11.3 Å². The van der Waals surface area contributed by atoms with Crippen LogP contribution in [0.15, 0.2) is 12.4 Å². The minimum atomic E-state index is -0.365. The molecule has 0 radical (unpaired) electrons. The molecule has 1 aliphatic carbocycles. The third kappa shape index (κ3) is 2.26. The first-order chi connectivity index (χ1) is 9.95. The first-order valence-corrected chi connectivity index (χ1v) is 7.53. The average Bonchev–Trinajstić information content (AvgIpc) is 3.05. The summed E-state index contributed by atoms with van der Waals surface area (Å²) in [6.07, 6.45) is 4.92. The van der Waals surface area contributed by atoms with Gasteiger partial charge < -0.3 is 15.4 Å². The van der Waals surface area contributed by atoms with Crippen LogP contribution in [0.1, 0.15) is 31.9 Å². The summed E-state index contributed by atoms with van der Waals surface area (Å²) in [7, 11) is 3.65. The van der Waals surface area contributed by atoms with E-state index in [4.69, 9.17) is 4.74 Å². The van der Waals surface area contributed by atoms with Crippen molar-refractivity contribution in [3.05, 3.63) is 18.0 Å². The molecule has 2 N–H and O–H groups in total. The largest absolute Gasteiger partial charge is 0.377 e. The standard InChI is InChI=1S/C15H24N4O2/c1-15(2)12(10-5-6-21-13(10)15)18-14(20)11(16-3)9-7-17-19(4)8-9/h7-8,10-13,16H,5-6H2,1-4H3,(H,18,20). The van der Waals surface area contributed by atoms with Crippen LogP contribution in [0.4, 0.5) is 0 Å². The van der Waals surface area contributed by atoms with Gasteiger partial charge in [-0.15, -0.1) is 0 Å². The molecule has 0 bridgehead atoms. The molecular weight excluding hydrogens is 268 g/mol. The number of carbonyl (C=O) groups excluding carboxylic acids is 1. The van der Waals surface area contributed by atoms with Crippen LogP contribution in [0.25, 0.3) is 0 Å². The van der Waals surface area contributed by atoms with Gasteiger partial charge >= 0.3 is 0 Å². The molecule has 2 fully saturated rings. The Morgan fingerprint density at radius 2 is 2.33 bits per heavy atom. The highest BCUT2D eigenvalue weighted by molar-refractivity contribution is 5.83. The first-order valence-electron chi connectivity index (χ1n) is 7.53. The van der Waals surface area contributed by atoms with Crippen LogP contribution < -0.4 is 10.6 Å². The lowest BCUT2D eigenvalue weighted by molar-refractivity contribution is -0.139. The van der Waals surface area contributed by atoms with Gasteiger partial charge in [-0.1, -0.05) is 13.8 Å². The first kappa shape index (κ1) is 14.5. The van der Waals surface area contributed by atoms with Crippen LogP contribution in [-0.2, 0) is 16.6 Å². The Balaban J connectivity index is 1.71. The summed E-state index contributed by atoms with van der Waals surface area (Å²) < 4.78 is 7.48. The fourth-order valence-electron chi connectivity index (χ4n) is 3.89. The van der Waals surface area contributed by atoms with Gasteiger partial charge in [0.05, 0.1) is 12.3 Å². The molecule has 4 unspecified atom stereocenters. The zero-order valence-corrected chi connectivity index (χ0v) is 13.1. The molecule has 4 atom stereocenters. The second-order valence-corrected chi connectivity index (χ2v) is 6.72. The number of nitrogens with one attached hydrogen (secondary N) is 2. The maximum Gasteiger partial charge on any atom is 0.242 e. The highest BCUT2D eigenvalue weighted by Crippen LogP contribution is 2.52. The fraction of sp³-hybridized carbons (Fsp3) is 0.733. The van der Waals surface area contributed by atoms with Crippen molar-refractivity contribution in [1.29, 1.82) is 0 Å². The van der Waals surface area contributed by atoms with Crippen molar-refractivity contribution in [2.45, 2.75) is 38.5 Å². The van der Waals surface area contributed by atoms with E-state index in [1.807, 2.05) is 13.2 Å². The molecule has 0 aromatic carbocycles. The molecular formula is C15H24N4O2. The van der Waals surface area contributed by atoms with Gasteiger partial charge in [-0.3, -0.25) is 9.48 Å². The molecule has 3 rings (SSSR count). The van der Waals surface area contributed by atoms with E-state index in [1.54, 1.807) is 17.9 Å². The van der Waals surface area contributed by atoms with Crippen molar-refractivity contribution in [3.63, 3.8) is 0 Å². The number of rotatable bonds is 4. The number of aryl methyl sites for hydroxylation is 1. The van der Waals surface area contributed by atoms with Crippen LogP contribution >= 0.6 is 0 Å². The number of aromatic nitrogens is 2. The number of nitrogens with zero attached hydrogens (tertiary/aromatic N) is 2. The maximum absolute atomic E-state index is 12.6. The van der Waals surface area contributed by atoms with Crippen LogP contribution in [0.3, 0.4) is 0 Å². The molecule has 6 heteroatoms. The summed E-state index contributed by atoms with van der Waals surface area (Å²) in [4.78, 5) is 12.6. The summed E-state index contributed by atoms with van der Waals surface area (Å²) in [5, 5.41) is 10.4. The summed E-state index contributed by atoms with van der Waals surface area (Å²) >= 11 is 0. The van der Waals surface area contributed by atoms with Gasteiger partial charge in [0.25, 0.3) is 0 Å². The molecule has 1 aliphatic heterocycles. The third-order valence-electron chi connectivity index (χ3n) is 5.01. The summed E-state index contributed by atoms with van der Waals surface area (Å²) in [6, 6.07) is -0.180. The lowest BCUT2D eigenvalue weighted by Gasteiger charge is -2.54. The lowest BCUT2D eigenvalue weighted by Crippen LogP contribution is -2.67. The number of carbonyl (C=O) groups is 1. The predicted molar refractivity (Wildman–Crippen MR) is 78.6 cm³/mol. The second kappa shape index (κ2) is 5.10. The van der Waals surface area contributed by atoms with E-state index in [-0.39, 0.29) is 29.5 Å². The van der Waals surface area contributed by atoms with Crippen LogP contribution in [0.2, 0.25) is 0 Å². The second-order valence-electron chi connectivity index (χ2n) is 6.72. The Bertz CT molecular complexity index is 540. The molecule has 2 heterocycles. The fourth-order valence-corrected chi connectivity index (χ4v) is 3.89. The van der Waals surface area contributed by atoms with Crippen LogP contribution in [0.5, 0.6) is 0 Å². The SMILES string of the molecule is CNC(C(=O)NC1C2CCOC2C1(C)C)c1cnn(C)c1. The van der Waals surface area contributed by atoms with Gasteiger partial charge in [0.1, 0.15) is 6.04 Å². The quantitative estimate of drug-likeness (QED) is 0.853. The molecule has 1 saturated heterocycles. The van der Waals surface area contributed by atoms with Gasteiger partial charge in [-0.05, 0) is 13.5 Å². The number of ether oxygens (including phenoxy) is 1. The number of likely N-dealkylation sites (N-methyl/N-ethyl adjacent to an activating group) is 1. The minimum Gasteiger partial charge on any atom is -0.377 e. The molecule has 1 saturated carbocycles. The lowest BCUT2D eigenvalue weighted by atomic mass is 9.57. The molecule has 21 heavy (non-hydrogen) atoms. The van der Waals surface area contributed by atoms with Gasteiger partial charge in [0.15, 0.2) is 0 Å². The van der Waals surface area contributed by atoms with E-state index in [0.717, 1.165) is 18.6 Å². The van der Waals surface area contributed by atoms with Gasteiger partial charge in [0.2, 0.25) is 5.91 Å². The van der Waals surface area contributed by atoms with Crippen molar-refractivity contribution >= 4 is 5.91 Å². The Labute approximate surface area is 125 Å². The van der Waals surface area contributed by atoms with Gasteiger partial charge in [-0.25, -0.2) is 0 Å². The smallest absolute Gasteiger partial charge is 0.242 e. The Kier molecular flexibility index (Phi) is 3.53. The zero-order valence-electron chi connectivity index (χ0n) is 13.1. The molecule has 1 aromatic rings. The number of amides is 1. The molecule has 116 valence electrons. The molecule has 1 amide bonds. The number of hydrogen-bond acceptors (Lipinski definition) is 4. The maximum atomic E-state index is 12.6. The monoisotopic (exact) mass is 292 g/mol. The number of hydrogen-bond donors (Lipinski definition) is 2. The van der Waals surface area contributed by atoms with Crippen molar-refractivity contribution in [2.75, 3.05) is 13.7 Å². The molecule has 6 nitrogen and oxygen atoms in total. The zero-order chi connectivity index (χ0) is 15.2. The molecule has 2 aliphatic rings. The van der Waals surface area contributed by atoms with E-state index in [9.17, 15) is 4.79 Å². The summed E-state index contributed by atoms with van der Waals surface area (Å²) in [6.45, 7) is 5.15. The van der Waals surface area contributed by atoms with E-state index in [2.05, 4.69) is 29.6 Å². The predicted octanol–water partition coefficient (Wildman–Crippen LogP) is 0.610. The molecule has 0 spiro atoms. The highest BCUT2D eigenvalue weighted by atomic mass is 16.5.